The highest BCUT2D eigenvalue weighted by atomic mass is 14.9. The van der Waals surface area contributed by atoms with E-state index in [9.17, 15) is 0 Å². The normalized spacial score (nSPS) is 61.2. The molecule has 4 aliphatic carbocycles. The summed E-state index contributed by atoms with van der Waals surface area (Å²) < 4.78 is 0. The van der Waals surface area contributed by atoms with E-state index >= 15 is 0 Å². The van der Waals surface area contributed by atoms with Crippen LogP contribution in [-0.4, -0.2) is 18.1 Å². The topological polar surface area (TPSA) is 78.1 Å². The van der Waals surface area contributed by atoms with Gasteiger partial charge in [0.1, 0.15) is 0 Å². The van der Waals surface area contributed by atoms with Crippen molar-refractivity contribution in [1.82, 2.24) is 0 Å². The van der Waals surface area contributed by atoms with E-state index in [1.807, 2.05) is 0 Å². The maximum absolute atomic E-state index is 6.56. The molecule has 0 saturated heterocycles. The fourth-order valence-electron chi connectivity index (χ4n) is 7.61. The van der Waals surface area contributed by atoms with Crippen molar-refractivity contribution in [1.29, 1.82) is 0 Å². The lowest BCUT2D eigenvalue weighted by Crippen LogP contribution is -2.68. The van der Waals surface area contributed by atoms with Gasteiger partial charge in [-0.15, -0.1) is 0 Å². The molecular weight excluding hydrogens is 270 g/mol. The minimum atomic E-state index is -0.00466. The summed E-state index contributed by atoms with van der Waals surface area (Å²) in [6, 6.07) is 0.188. The molecular formula is C19H35N3. The maximum Gasteiger partial charge on any atom is 0.0349 e. The molecule has 4 aliphatic rings. The van der Waals surface area contributed by atoms with Gasteiger partial charge in [-0.25, -0.2) is 0 Å². The number of nitrogens with two attached hydrogens (primary N) is 3. The number of fused-ring (bicyclic) bond motifs is 5. The lowest BCUT2D eigenvalue weighted by molar-refractivity contribution is -0.114. The molecule has 4 rings (SSSR count). The molecule has 4 saturated carbocycles. The monoisotopic (exact) mass is 305 g/mol. The van der Waals surface area contributed by atoms with Crippen molar-refractivity contribution in [3.05, 3.63) is 0 Å². The fraction of sp³-hybridized carbons (Fsp3) is 1.00. The van der Waals surface area contributed by atoms with Crippen LogP contribution in [0.4, 0.5) is 0 Å². The van der Waals surface area contributed by atoms with Crippen molar-refractivity contribution in [2.45, 2.75) is 83.3 Å². The molecule has 3 heteroatoms. The Bertz CT molecular complexity index is 452. The van der Waals surface area contributed by atoms with Crippen molar-refractivity contribution < 1.29 is 0 Å². The predicted octanol–water partition coefficient (Wildman–Crippen LogP) is 2.62. The lowest BCUT2D eigenvalue weighted by atomic mass is 9.44. The highest BCUT2D eigenvalue weighted by Crippen LogP contribution is 2.65. The summed E-state index contributed by atoms with van der Waals surface area (Å²) in [4.78, 5) is 0. The molecule has 126 valence electrons. The largest absolute Gasteiger partial charge is 0.326 e. The van der Waals surface area contributed by atoms with E-state index in [1.165, 1.54) is 44.9 Å². The Balaban J connectivity index is 1.66. The van der Waals surface area contributed by atoms with Crippen molar-refractivity contribution in [3.63, 3.8) is 0 Å². The number of hydrogen-bond acceptors (Lipinski definition) is 3. The molecule has 3 unspecified atom stereocenters. The van der Waals surface area contributed by atoms with Crippen LogP contribution in [0.3, 0.4) is 0 Å². The van der Waals surface area contributed by atoms with Crippen LogP contribution in [-0.2, 0) is 0 Å². The van der Waals surface area contributed by atoms with Crippen LogP contribution in [0.15, 0.2) is 0 Å². The standard InChI is InChI=1S/C19H35N3/c1-18-8-3-4-12(18)11-5-6-14-16(21)17(22)15(20)10-19(14,2)13(11)7-9-18/h11-17H,3-10,20-22H2,1-2H3/t11-,12-,13-,14-,15?,16?,17?,18-,19+/m0/s1. The summed E-state index contributed by atoms with van der Waals surface area (Å²) in [5.74, 6) is 3.32. The quantitative estimate of drug-likeness (QED) is 0.644. The van der Waals surface area contributed by atoms with Gasteiger partial charge in [0.05, 0.1) is 0 Å². The van der Waals surface area contributed by atoms with Crippen LogP contribution in [0.5, 0.6) is 0 Å². The first-order valence-corrected chi connectivity index (χ1v) is 9.63. The van der Waals surface area contributed by atoms with Crippen LogP contribution in [0.25, 0.3) is 0 Å². The molecule has 0 amide bonds. The first-order valence-electron chi connectivity index (χ1n) is 9.63. The van der Waals surface area contributed by atoms with Crippen molar-refractivity contribution in [2.75, 3.05) is 0 Å². The molecule has 0 radical (unpaired) electrons. The minimum absolute atomic E-state index is 0.00466. The molecule has 22 heavy (non-hydrogen) atoms. The Hall–Kier alpha value is -0.120. The lowest BCUT2D eigenvalue weighted by Gasteiger charge is -2.62. The third-order valence-electron chi connectivity index (χ3n) is 8.80. The summed E-state index contributed by atoms with van der Waals surface area (Å²) >= 11 is 0. The first-order chi connectivity index (χ1) is 10.4. The Morgan fingerprint density at radius 2 is 1.55 bits per heavy atom. The fourth-order valence-corrected chi connectivity index (χ4v) is 7.61. The van der Waals surface area contributed by atoms with E-state index in [2.05, 4.69) is 13.8 Å². The third kappa shape index (κ3) is 1.91. The smallest absolute Gasteiger partial charge is 0.0349 e. The van der Waals surface area contributed by atoms with Gasteiger partial charge in [0.2, 0.25) is 0 Å². The average molecular weight is 306 g/mol. The second-order valence-corrected chi connectivity index (χ2v) is 9.67. The molecule has 0 bridgehead atoms. The Labute approximate surface area is 135 Å². The molecule has 3 nitrogen and oxygen atoms in total. The Morgan fingerprint density at radius 3 is 2.32 bits per heavy atom. The molecule has 0 heterocycles. The summed E-state index contributed by atoms with van der Waals surface area (Å²) in [6.45, 7) is 5.08. The van der Waals surface area contributed by atoms with E-state index in [0.29, 0.717) is 16.7 Å². The molecule has 6 N–H and O–H groups in total. The maximum atomic E-state index is 6.56. The molecule has 0 aromatic heterocycles. The Kier molecular flexibility index (Phi) is 3.46. The second-order valence-electron chi connectivity index (χ2n) is 9.67. The van der Waals surface area contributed by atoms with Gasteiger partial charge in [-0.3, -0.25) is 0 Å². The average Bonchev–Trinajstić information content (AvgIpc) is 2.86. The van der Waals surface area contributed by atoms with Gasteiger partial charge in [-0.05, 0) is 79.4 Å². The van der Waals surface area contributed by atoms with Crippen LogP contribution in [0, 0.1) is 34.5 Å². The van der Waals surface area contributed by atoms with E-state index in [4.69, 9.17) is 17.2 Å². The zero-order valence-electron chi connectivity index (χ0n) is 14.4. The summed E-state index contributed by atoms with van der Waals surface area (Å²) in [6.07, 6.45) is 11.0. The van der Waals surface area contributed by atoms with Gasteiger partial charge >= 0.3 is 0 Å². The first kappa shape index (κ1) is 15.4. The van der Waals surface area contributed by atoms with Crippen molar-refractivity contribution in [2.24, 2.45) is 51.7 Å². The highest BCUT2D eigenvalue weighted by Gasteiger charge is 2.60. The number of hydrogen-bond donors (Lipinski definition) is 3. The zero-order valence-corrected chi connectivity index (χ0v) is 14.4. The van der Waals surface area contributed by atoms with Crippen LogP contribution in [0.2, 0.25) is 0 Å². The van der Waals surface area contributed by atoms with Crippen molar-refractivity contribution >= 4 is 0 Å². The summed E-state index contributed by atoms with van der Waals surface area (Å²) in [7, 11) is 0. The van der Waals surface area contributed by atoms with E-state index < -0.39 is 0 Å². The Morgan fingerprint density at radius 1 is 0.773 bits per heavy atom. The van der Waals surface area contributed by atoms with Crippen LogP contribution >= 0.6 is 0 Å². The van der Waals surface area contributed by atoms with E-state index in [1.54, 1.807) is 0 Å². The minimum Gasteiger partial charge on any atom is -0.326 e. The van der Waals surface area contributed by atoms with Gasteiger partial charge in [-0.2, -0.15) is 0 Å². The number of rotatable bonds is 0. The van der Waals surface area contributed by atoms with Gasteiger partial charge in [-0.1, -0.05) is 20.3 Å². The third-order valence-corrected chi connectivity index (χ3v) is 8.80. The molecule has 0 aliphatic heterocycles. The molecule has 9 atom stereocenters. The van der Waals surface area contributed by atoms with Gasteiger partial charge in [0.15, 0.2) is 0 Å². The molecule has 0 aromatic rings. The second kappa shape index (κ2) is 4.94. The van der Waals surface area contributed by atoms with E-state index in [0.717, 1.165) is 24.2 Å². The van der Waals surface area contributed by atoms with Crippen LogP contribution in [0.1, 0.15) is 65.2 Å². The highest BCUT2D eigenvalue weighted by molar-refractivity contribution is 5.12. The summed E-state index contributed by atoms with van der Waals surface area (Å²) in [5, 5.41) is 0. The van der Waals surface area contributed by atoms with E-state index in [-0.39, 0.29) is 18.1 Å². The van der Waals surface area contributed by atoms with Crippen LogP contribution < -0.4 is 17.2 Å². The molecule has 0 aromatic carbocycles. The van der Waals surface area contributed by atoms with Gasteiger partial charge < -0.3 is 17.2 Å². The summed E-state index contributed by atoms with van der Waals surface area (Å²) in [5.41, 5.74) is 20.3. The molecule has 0 spiro atoms. The van der Waals surface area contributed by atoms with Gasteiger partial charge in [0.25, 0.3) is 0 Å². The zero-order chi connectivity index (χ0) is 15.7. The van der Waals surface area contributed by atoms with Gasteiger partial charge in [0, 0.05) is 18.1 Å². The SMILES string of the molecule is C[C@@]12CCC[C@H]1[C@@H]1CC[C@H]3C(N)C(N)C(N)C[C@]3(C)[C@H]1CC2. The molecule has 4 fully saturated rings. The van der Waals surface area contributed by atoms with Crippen molar-refractivity contribution in [3.8, 4) is 0 Å². The predicted molar refractivity (Wildman–Crippen MR) is 91.0 cm³/mol.